The first kappa shape index (κ1) is 17.8. The summed E-state index contributed by atoms with van der Waals surface area (Å²) in [6.07, 6.45) is 1.41. The van der Waals surface area contributed by atoms with Crippen molar-refractivity contribution in [1.82, 2.24) is 5.43 Å². The van der Waals surface area contributed by atoms with Crippen LogP contribution in [-0.4, -0.2) is 30.1 Å². The van der Waals surface area contributed by atoms with Gasteiger partial charge in [-0.25, -0.2) is 10.2 Å². The zero-order chi connectivity index (χ0) is 18.4. The van der Waals surface area contributed by atoms with Crippen LogP contribution < -0.4 is 5.43 Å². The lowest BCUT2D eigenvalue weighted by atomic mass is 10.1. The first-order valence-electron chi connectivity index (χ1n) is 7.19. The first-order chi connectivity index (χ1) is 11.9. The van der Waals surface area contributed by atoms with E-state index in [1.54, 1.807) is 31.2 Å². The highest BCUT2D eigenvalue weighted by Gasteiger charge is 2.13. The molecule has 0 unspecified atom stereocenters. The topological polar surface area (TPSA) is 111 Å². The molecule has 128 valence electrons. The molecule has 0 bridgehead atoms. The summed E-state index contributed by atoms with van der Waals surface area (Å²) < 4.78 is 4.60. The van der Waals surface area contributed by atoms with Gasteiger partial charge in [-0.1, -0.05) is 12.1 Å². The third-order valence-electron chi connectivity index (χ3n) is 3.37. The van der Waals surface area contributed by atoms with E-state index in [1.807, 2.05) is 0 Å². The van der Waals surface area contributed by atoms with E-state index in [1.165, 1.54) is 31.5 Å². The number of nitro benzene ring substituents is 1. The summed E-state index contributed by atoms with van der Waals surface area (Å²) in [5.74, 6) is -0.925. The van der Waals surface area contributed by atoms with E-state index in [9.17, 15) is 19.7 Å². The number of rotatable bonds is 5. The second-order valence-corrected chi connectivity index (χ2v) is 5.07. The fraction of sp³-hybridized carbons (Fsp3) is 0.118. The number of esters is 1. The molecule has 8 heteroatoms. The van der Waals surface area contributed by atoms with E-state index in [2.05, 4.69) is 15.3 Å². The van der Waals surface area contributed by atoms with Crippen LogP contribution in [0, 0.1) is 17.0 Å². The maximum atomic E-state index is 12.0. The lowest BCUT2D eigenvalue weighted by Crippen LogP contribution is -2.17. The summed E-state index contributed by atoms with van der Waals surface area (Å²) in [6, 6.07) is 10.5. The van der Waals surface area contributed by atoms with Gasteiger partial charge in [-0.2, -0.15) is 5.10 Å². The standard InChI is InChI=1S/C17H15N3O5/c1-11-9-14(7-8-15(11)20(23)24)16(21)19-18-10-12-3-5-13(6-4-12)17(22)25-2/h3-10H,1-2H3,(H,19,21)/b18-10+. The third kappa shape index (κ3) is 4.47. The van der Waals surface area contributed by atoms with Gasteiger partial charge in [-0.15, -0.1) is 0 Å². The van der Waals surface area contributed by atoms with Gasteiger partial charge in [0.25, 0.3) is 11.6 Å². The Kier molecular flexibility index (Phi) is 5.57. The molecule has 0 saturated carbocycles. The monoisotopic (exact) mass is 341 g/mol. The van der Waals surface area contributed by atoms with Crippen LogP contribution in [0.15, 0.2) is 47.6 Å². The van der Waals surface area contributed by atoms with Crippen molar-refractivity contribution in [3.63, 3.8) is 0 Å². The largest absolute Gasteiger partial charge is 0.465 e. The number of hydrogen-bond acceptors (Lipinski definition) is 6. The van der Waals surface area contributed by atoms with Crippen LogP contribution in [0.4, 0.5) is 5.69 Å². The van der Waals surface area contributed by atoms with E-state index in [0.717, 1.165) is 0 Å². The highest BCUT2D eigenvalue weighted by Crippen LogP contribution is 2.18. The number of nitrogens with one attached hydrogen (secondary N) is 1. The van der Waals surface area contributed by atoms with Gasteiger partial charge in [0.1, 0.15) is 0 Å². The molecule has 0 saturated heterocycles. The average molecular weight is 341 g/mol. The van der Waals surface area contributed by atoms with Crippen molar-refractivity contribution in [2.24, 2.45) is 5.10 Å². The molecular weight excluding hydrogens is 326 g/mol. The lowest BCUT2D eigenvalue weighted by molar-refractivity contribution is -0.385. The van der Waals surface area contributed by atoms with Crippen LogP contribution in [0.1, 0.15) is 31.8 Å². The lowest BCUT2D eigenvalue weighted by Gasteiger charge is -2.02. The minimum Gasteiger partial charge on any atom is -0.465 e. The predicted octanol–water partition coefficient (Wildman–Crippen LogP) is 2.45. The molecule has 0 atom stereocenters. The normalized spacial score (nSPS) is 10.5. The molecule has 0 radical (unpaired) electrons. The van der Waals surface area contributed by atoms with E-state index in [-0.39, 0.29) is 11.3 Å². The Morgan fingerprint density at radius 2 is 1.80 bits per heavy atom. The number of aryl methyl sites for hydroxylation is 1. The number of nitrogens with zero attached hydrogens (tertiary/aromatic N) is 2. The second kappa shape index (κ2) is 7.82. The molecule has 0 aliphatic rings. The molecule has 0 aromatic heterocycles. The highest BCUT2D eigenvalue weighted by molar-refractivity contribution is 5.95. The van der Waals surface area contributed by atoms with Crippen molar-refractivity contribution < 1.29 is 19.2 Å². The van der Waals surface area contributed by atoms with Crippen LogP contribution in [-0.2, 0) is 4.74 Å². The van der Waals surface area contributed by atoms with Crippen LogP contribution in [0.25, 0.3) is 0 Å². The van der Waals surface area contributed by atoms with Gasteiger partial charge in [-0.3, -0.25) is 14.9 Å². The Morgan fingerprint density at radius 3 is 2.36 bits per heavy atom. The van der Waals surface area contributed by atoms with E-state index in [4.69, 9.17) is 0 Å². The quantitative estimate of drug-likeness (QED) is 0.389. The van der Waals surface area contributed by atoms with Crippen molar-refractivity contribution in [1.29, 1.82) is 0 Å². The molecule has 2 rings (SSSR count). The Hall–Kier alpha value is -3.55. The summed E-state index contributed by atoms with van der Waals surface area (Å²) in [7, 11) is 1.30. The number of methoxy groups -OCH3 is 1. The van der Waals surface area contributed by atoms with Gasteiger partial charge in [-0.05, 0) is 36.8 Å². The number of amides is 1. The number of ether oxygens (including phenoxy) is 1. The molecule has 0 fully saturated rings. The molecule has 1 amide bonds. The van der Waals surface area contributed by atoms with E-state index in [0.29, 0.717) is 16.7 Å². The fourth-order valence-corrected chi connectivity index (χ4v) is 2.05. The summed E-state index contributed by atoms with van der Waals surface area (Å²) >= 11 is 0. The van der Waals surface area contributed by atoms with Gasteiger partial charge in [0.15, 0.2) is 0 Å². The van der Waals surface area contributed by atoms with Crippen molar-refractivity contribution in [2.45, 2.75) is 6.92 Å². The molecule has 8 nitrogen and oxygen atoms in total. The Labute approximate surface area is 143 Å². The minimum absolute atomic E-state index is 0.0502. The Bertz CT molecular complexity index is 844. The maximum Gasteiger partial charge on any atom is 0.337 e. The van der Waals surface area contributed by atoms with Crippen LogP contribution in [0.3, 0.4) is 0 Å². The first-order valence-corrected chi connectivity index (χ1v) is 7.19. The smallest absolute Gasteiger partial charge is 0.337 e. The molecule has 2 aromatic rings. The van der Waals surface area contributed by atoms with Crippen molar-refractivity contribution in [3.05, 3.63) is 74.8 Å². The van der Waals surface area contributed by atoms with Gasteiger partial charge in [0, 0.05) is 17.2 Å². The molecule has 0 aliphatic carbocycles. The van der Waals surface area contributed by atoms with Crippen LogP contribution in [0.2, 0.25) is 0 Å². The fourth-order valence-electron chi connectivity index (χ4n) is 2.05. The molecule has 0 aliphatic heterocycles. The molecule has 25 heavy (non-hydrogen) atoms. The maximum absolute atomic E-state index is 12.0. The third-order valence-corrected chi connectivity index (χ3v) is 3.37. The zero-order valence-electron chi connectivity index (χ0n) is 13.6. The number of carbonyl (C=O) groups excluding carboxylic acids is 2. The van der Waals surface area contributed by atoms with E-state index < -0.39 is 16.8 Å². The molecule has 0 spiro atoms. The van der Waals surface area contributed by atoms with Gasteiger partial charge in [0.2, 0.25) is 0 Å². The predicted molar refractivity (Wildman–Crippen MR) is 90.7 cm³/mol. The molecule has 2 aromatic carbocycles. The number of hydrogen-bond donors (Lipinski definition) is 1. The summed E-state index contributed by atoms with van der Waals surface area (Å²) in [4.78, 5) is 33.6. The van der Waals surface area contributed by atoms with Gasteiger partial charge < -0.3 is 4.74 Å². The summed E-state index contributed by atoms with van der Waals surface area (Å²) in [6.45, 7) is 1.56. The average Bonchev–Trinajstić information content (AvgIpc) is 2.61. The second-order valence-electron chi connectivity index (χ2n) is 5.07. The molecule has 0 heterocycles. The number of hydrazone groups is 1. The highest BCUT2D eigenvalue weighted by atomic mass is 16.6. The van der Waals surface area contributed by atoms with Gasteiger partial charge >= 0.3 is 5.97 Å². The van der Waals surface area contributed by atoms with Crippen molar-refractivity contribution in [2.75, 3.05) is 7.11 Å². The Morgan fingerprint density at radius 1 is 1.16 bits per heavy atom. The Balaban J connectivity index is 2.02. The van der Waals surface area contributed by atoms with Crippen LogP contribution in [0.5, 0.6) is 0 Å². The number of nitro groups is 1. The summed E-state index contributed by atoms with van der Waals surface area (Å²) in [5, 5.41) is 14.6. The number of carbonyl (C=O) groups is 2. The number of benzene rings is 2. The van der Waals surface area contributed by atoms with E-state index >= 15 is 0 Å². The SMILES string of the molecule is COC(=O)c1ccc(/C=N/NC(=O)c2ccc([N+](=O)[O-])c(C)c2)cc1. The zero-order valence-corrected chi connectivity index (χ0v) is 13.6. The van der Waals surface area contributed by atoms with Crippen molar-refractivity contribution in [3.8, 4) is 0 Å². The van der Waals surface area contributed by atoms with Gasteiger partial charge in [0.05, 0.1) is 23.8 Å². The molecule has 1 N–H and O–H groups in total. The molecular formula is C17H15N3O5. The van der Waals surface area contributed by atoms with Crippen LogP contribution >= 0.6 is 0 Å². The minimum atomic E-state index is -0.507. The summed E-state index contributed by atoms with van der Waals surface area (Å²) in [5.41, 5.74) is 4.03. The van der Waals surface area contributed by atoms with Crippen molar-refractivity contribution >= 4 is 23.8 Å².